The molecule has 1 aliphatic rings. The predicted octanol–water partition coefficient (Wildman–Crippen LogP) is 3.89. The molecular weight excluding hydrogens is 531 g/mol. The summed E-state index contributed by atoms with van der Waals surface area (Å²) in [4.78, 5) is 9.28. The van der Waals surface area contributed by atoms with Crippen LogP contribution in [0.5, 0.6) is 0 Å². The lowest BCUT2D eigenvalue weighted by molar-refractivity contribution is -0.917. The average Bonchev–Trinajstić information content (AvgIpc) is 3.29. The molecule has 2 aromatic carbocycles. The quantitative estimate of drug-likeness (QED) is 0.484. The molecule has 3 aromatic rings. The maximum atomic E-state index is 13.4. The number of carboxylic acids is 1. The van der Waals surface area contributed by atoms with E-state index in [4.69, 9.17) is 21.5 Å². The maximum absolute atomic E-state index is 13.4. The zero-order valence-corrected chi connectivity index (χ0v) is 19.7. The Balaban J connectivity index is 0.000000479. The summed E-state index contributed by atoms with van der Waals surface area (Å²) in [5.41, 5.74) is 3.37. The topological polar surface area (TPSA) is 73.2 Å². The van der Waals surface area contributed by atoms with Crippen molar-refractivity contribution in [2.45, 2.75) is 30.6 Å². The number of H-pyrrole nitrogens is 1. The molecule has 0 amide bonds. The molecular formula is C24H21ClF7N3O2. The molecule has 37 heavy (non-hydrogen) atoms. The minimum absolute atomic E-state index is 0.0269. The Hall–Kier alpha value is -3.12. The molecule has 1 aromatic heterocycles. The van der Waals surface area contributed by atoms with Crippen LogP contribution in [0.4, 0.5) is 30.7 Å². The summed E-state index contributed by atoms with van der Waals surface area (Å²) in [6.45, 7) is -0.126. The van der Waals surface area contributed by atoms with Crippen LogP contribution in [0.2, 0.25) is 5.02 Å². The first-order valence-electron chi connectivity index (χ1n) is 11.0. The fourth-order valence-corrected chi connectivity index (χ4v) is 4.41. The number of halogens is 8. The number of rotatable bonds is 4. The van der Waals surface area contributed by atoms with Crippen LogP contribution in [-0.4, -0.2) is 48.2 Å². The number of aromatic nitrogens is 2. The van der Waals surface area contributed by atoms with Crippen LogP contribution in [0, 0.1) is 5.82 Å². The molecule has 13 heteroatoms. The molecule has 0 aliphatic carbocycles. The molecule has 1 saturated heterocycles. The van der Waals surface area contributed by atoms with Crippen LogP contribution in [0.1, 0.15) is 29.5 Å². The fourth-order valence-electron chi connectivity index (χ4n) is 4.29. The zero-order chi connectivity index (χ0) is 27.4. The van der Waals surface area contributed by atoms with E-state index in [1.807, 2.05) is 18.2 Å². The standard InChI is InChI=1S/C22H20ClF4N3.C2HF3O2/c23-16-5-1-15(2-6-16)20-11-21(29-28-20)18-9-10-30(13-22(25,26)27)12-19(18)14-3-7-17(24)8-4-14;3-2(4,5)1(6)7/h1-8,11,18-19H,9-10,12-13H2,(H,28,29);(H,6,7)/t18-,19+;/m1./s1. The Bertz CT molecular complexity index is 1180. The number of aliphatic carboxylic acids is 1. The van der Waals surface area contributed by atoms with Gasteiger partial charge < -0.3 is 14.8 Å². The summed E-state index contributed by atoms with van der Waals surface area (Å²) in [7, 11) is 0. The second-order valence-electron chi connectivity index (χ2n) is 8.55. The van der Waals surface area contributed by atoms with Crippen LogP contribution in [0.25, 0.3) is 11.3 Å². The predicted molar refractivity (Wildman–Crippen MR) is 118 cm³/mol. The molecule has 0 saturated carbocycles. The maximum Gasteiger partial charge on any atom is 0.438 e. The van der Waals surface area contributed by atoms with E-state index in [1.165, 1.54) is 12.1 Å². The molecule has 2 N–H and O–H groups in total. The third-order valence-corrected chi connectivity index (χ3v) is 6.17. The Morgan fingerprint density at radius 1 is 1.03 bits per heavy atom. The molecule has 1 aliphatic heterocycles. The normalized spacial score (nSPS) is 20.2. The van der Waals surface area contributed by atoms with Gasteiger partial charge in [-0.3, -0.25) is 5.10 Å². The van der Waals surface area contributed by atoms with Crippen molar-refractivity contribution < 1.29 is 45.5 Å². The van der Waals surface area contributed by atoms with Gasteiger partial charge in [0.1, 0.15) is 11.8 Å². The number of likely N-dealkylation sites (tertiary alicyclic amines) is 1. The summed E-state index contributed by atoms with van der Waals surface area (Å²) in [6, 6.07) is 15.3. The van der Waals surface area contributed by atoms with E-state index in [2.05, 4.69) is 10.2 Å². The Morgan fingerprint density at radius 2 is 1.62 bits per heavy atom. The Kier molecular flexibility index (Phi) is 8.85. The van der Waals surface area contributed by atoms with Gasteiger partial charge in [0, 0.05) is 34.5 Å². The smallest absolute Gasteiger partial charge is 0.438 e. The largest absolute Gasteiger partial charge is 0.542 e. The number of nitrogens with one attached hydrogen (secondary N) is 2. The van der Waals surface area contributed by atoms with Gasteiger partial charge in [-0.2, -0.15) is 31.4 Å². The Morgan fingerprint density at radius 3 is 2.16 bits per heavy atom. The molecule has 0 radical (unpaired) electrons. The van der Waals surface area contributed by atoms with Gasteiger partial charge in [-0.05, 0) is 35.9 Å². The molecule has 1 fully saturated rings. The number of carbonyl (C=O) groups excluding carboxylic acids is 1. The number of nitrogens with zero attached hydrogens (tertiary/aromatic N) is 1. The Labute approximate surface area is 211 Å². The second-order valence-corrected chi connectivity index (χ2v) is 8.99. The molecule has 0 spiro atoms. The van der Waals surface area contributed by atoms with E-state index in [-0.39, 0.29) is 17.7 Å². The minimum atomic E-state index is -5.19. The lowest BCUT2D eigenvalue weighted by Crippen LogP contribution is -3.15. The molecule has 3 atom stereocenters. The van der Waals surface area contributed by atoms with E-state index < -0.39 is 24.9 Å². The van der Waals surface area contributed by atoms with Gasteiger partial charge >= 0.3 is 12.4 Å². The van der Waals surface area contributed by atoms with E-state index >= 15 is 0 Å². The van der Waals surface area contributed by atoms with Crippen LogP contribution >= 0.6 is 11.6 Å². The zero-order valence-electron chi connectivity index (χ0n) is 19.0. The number of quaternary nitrogens is 1. The average molecular weight is 552 g/mol. The van der Waals surface area contributed by atoms with Gasteiger partial charge in [-0.25, -0.2) is 4.39 Å². The van der Waals surface area contributed by atoms with Crippen LogP contribution in [0.3, 0.4) is 0 Å². The van der Waals surface area contributed by atoms with Crippen LogP contribution in [-0.2, 0) is 4.79 Å². The van der Waals surface area contributed by atoms with Gasteiger partial charge in [0.25, 0.3) is 0 Å². The monoisotopic (exact) mass is 551 g/mol. The van der Waals surface area contributed by atoms with Gasteiger partial charge in [0.2, 0.25) is 0 Å². The third-order valence-electron chi connectivity index (χ3n) is 5.92. The van der Waals surface area contributed by atoms with Crippen molar-refractivity contribution in [3.8, 4) is 11.3 Å². The van der Waals surface area contributed by atoms with E-state index in [1.54, 1.807) is 24.3 Å². The van der Waals surface area contributed by atoms with Crippen LogP contribution in [0.15, 0.2) is 54.6 Å². The van der Waals surface area contributed by atoms with Crippen molar-refractivity contribution in [3.63, 3.8) is 0 Å². The minimum Gasteiger partial charge on any atom is -0.542 e. The first-order valence-corrected chi connectivity index (χ1v) is 11.4. The van der Waals surface area contributed by atoms with Crippen molar-refractivity contribution in [3.05, 3.63) is 76.7 Å². The number of hydrogen-bond donors (Lipinski definition) is 2. The molecule has 200 valence electrons. The number of alkyl halides is 6. The highest BCUT2D eigenvalue weighted by Crippen LogP contribution is 2.37. The number of hydrogen-bond acceptors (Lipinski definition) is 3. The summed E-state index contributed by atoms with van der Waals surface area (Å²) in [6.07, 6.45) is -8.83. The molecule has 2 heterocycles. The highest BCUT2D eigenvalue weighted by molar-refractivity contribution is 6.30. The first kappa shape index (κ1) is 28.5. The summed E-state index contributed by atoms with van der Waals surface area (Å²) < 4.78 is 83.9. The summed E-state index contributed by atoms with van der Waals surface area (Å²) in [5, 5.41) is 16.9. The number of aromatic amines is 1. The van der Waals surface area contributed by atoms with Gasteiger partial charge in [0.15, 0.2) is 6.54 Å². The molecule has 1 unspecified atom stereocenters. The highest BCUT2D eigenvalue weighted by atomic mass is 35.5. The molecule has 4 rings (SSSR count). The fraction of sp³-hybridized carbons (Fsp3) is 0.333. The van der Waals surface area contributed by atoms with Crippen molar-refractivity contribution in [2.75, 3.05) is 19.6 Å². The summed E-state index contributed by atoms with van der Waals surface area (Å²) in [5.74, 6) is -3.57. The van der Waals surface area contributed by atoms with E-state index in [0.29, 0.717) is 29.4 Å². The third kappa shape index (κ3) is 8.19. The van der Waals surface area contributed by atoms with Crippen LogP contribution < -0.4 is 10.0 Å². The highest BCUT2D eigenvalue weighted by Gasteiger charge is 2.41. The number of carbonyl (C=O) groups is 1. The van der Waals surface area contributed by atoms with Gasteiger partial charge in [-0.1, -0.05) is 35.9 Å². The van der Waals surface area contributed by atoms with Gasteiger partial charge in [0.05, 0.1) is 18.8 Å². The SMILES string of the molecule is Fc1ccc([C@@H]2C[NH+](CC(F)(F)F)CC[C@H]2c2cc(-c3ccc(Cl)cc3)n[nH]2)cc1.O=C([O-])C(F)(F)F. The van der Waals surface area contributed by atoms with Crippen molar-refractivity contribution in [2.24, 2.45) is 0 Å². The van der Waals surface area contributed by atoms with Crippen molar-refractivity contribution in [1.82, 2.24) is 10.2 Å². The number of carboxylic acid groups (broad SMARTS) is 1. The second kappa shape index (κ2) is 11.5. The van der Waals surface area contributed by atoms with Crippen molar-refractivity contribution in [1.29, 1.82) is 0 Å². The van der Waals surface area contributed by atoms with E-state index in [9.17, 15) is 30.7 Å². The lowest BCUT2D eigenvalue weighted by Gasteiger charge is -2.36. The number of piperidine rings is 1. The first-order chi connectivity index (χ1) is 17.2. The van der Waals surface area contributed by atoms with Gasteiger partial charge in [-0.15, -0.1) is 0 Å². The lowest BCUT2D eigenvalue weighted by atomic mass is 9.78. The molecule has 0 bridgehead atoms. The van der Waals surface area contributed by atoms with Crippen molar-refractivity contribution >= 4 is 17.6 Å². The summed E-state index contributed by atoms with van der Waals surface area (Å²) >= 11 is 5.95. The molecule has 5 nitrogen and oxygen atoms in total. The number of benzene rings is 2. The van der Waals surface area contributed by atoms with E-state index in [0.717, 1.165) is 22.5 Å².